The second kappa shape index (κ2) is 8.76. The highest BCUT2D eigenvalue weighted by atomic mass is 35.5. The van der Waals surface area contributed by atoms with E-state index < -0.39 is 0 Å². The van der Waals surface area contributed by atoms with E-state index in [1.165, 1.54) is 0 Å². The van der Waals surface area contributed by atoms with Crippen LogP contribution in [0.5, 0.6) is 5.75 Å². The first-order valence-electron chi connectivity index (χ1n) is 8.58. The van der Waals surface area contributed by atoms with E-state index in [9.17, 15) is 9.59 Å². The minimum Gasteiger partial charge on any atom is -0.484 e. The van der Waals surface area contributed by atoms with Gasteiger partial charge in [0, 0.05) is 24.0 Å². The lowest BCUT2D eigenvalue weighted by molar-refractivity contribution is -0.137. The van der Waals surface area contributed by atoms with E-state index in [1.54, 1.807) is 41.5 Å². The maximum absolute atomic E-state index is 12.3. The number of piperidine rings is 1. The zero-order chi connectivity index (χ0) is 18.4. The Bertz CT molecular complexity index is 723. The third kappa shape index (κ3) is 5.02. The average molecular weight is 377 g/mol. The molecule has 1 aliphatic heterocycles. The Morgan fingerprint density at radius 3 is 2.58 bits per heavy atom. The van der Waals surface area contributed by atoms with Crippen molar-refractivity contribution in [1.82, 2.24) is 10.2 Å². The van der Waals surface area contributed by atoms with Crippen molar-refractivity contribution in [3.8, 4) is 5.75 Å². The zero-order valence-electron chi connectivity index (χ0n) is 14.3. The Kier molecular flexibility index (Phi) is 6.17. The summed E-state index contributed by atoms with van der Waals surface area (Å²) >= 11 is 5.82. The predicted octanol–water partition coefficient (Wildman–Crippen LogP) is 2.87. The third-order valence-electron chi connectivity index (χ3n) is 4.41. The van der Waals surface area contributed by atoms with Crippen LogP contribution in [0.1, 0.15) is 18.6 Å². The van der Waals surface area contributed by atoms with E-state index in [4.69, 9.17) is 20.8 Å². The molecular weight excluding hydrogens is 356 g/mol. The van der Waals surface area contributed by atoms with Crippen LogP contribution >= 0.6 is 11.6 Å². The van der Waals surface area contributed by atoms with Crippen molar-refractivity contribution >= 4 is 23.4 Å². The SMILES string of the molecule is O=C(NCc1ccco1)C1CCN(C(=O)COc2ccc(Cl)cc2)CC1. The first kappa shape index (κ1) is 18.3. The first-order valence-corrected chi connectivity index (χ1v) is 8.96. The standard InChI is InChI=1S/C19H21ClN2O4/c20-15-3-5-16(6-4-15)26-13-18(23)22-9-7-14(8-10-22)19(24)21-12-17-2-1-11-25-17/h1-6,11,14H,7-10,12-13H2,(H,21,24). The third-order valence-corrected chi connectivity index (χ3v) is 4.66. The van der Waals surface area contributed by atoms with Crippen LogP contribution in [0.3, 0.4) is 0 Å². The molecule has 0 spiro atoms. The van der Waals surface area contributed by atoms with E-state index in [2.05, 4.69) is 5.32 Å². The largest absolute Gasteiger partial charge is 0.484 e. The predicted molar refractivity (Wildman–Crippen MR) is 96.8 cm³/mol. The molecule has 0 atom stereocenters. The number of furan rings is 1. The Morgan fingerprint density at radius 1 is 1.19 bits per heavy atom. The molecule has 1 aromatic carbocycles. The number of rotatable bonds is 6. The monoisotopic (exact) mass is 376 g/mol. The molecule has 0 unspecified atom stereocenters. The second-order valence-electron chi connectivity index (χ2n) is 6.19. The fraction of sp³-hybridized carbons (Fsp3) is 0.368. The molecule has 0 aliphatic carbocycles. The number of nitrogens with zero attached hydrogens (tertiary/aromatic N) is 1. The number of nitrogens with one attached hydrogen (secondary N) is 1. The molecule has 1 aromatic heterocycles. The number of halogens is 1. The molecule has 7 heteroatoms. The van der Waals surface area contributed by atoms with Crippen LogP contribution in [0.25, 0.3) is 0 Å². The van der Waals surface area contributed by atoms with E-state index in [0.717, 1.165) is 5.76 Å². The lowest BCUT2D eigenvalue weighted by Gasteiger charge is -2.31. The lowest BCUT2D eigenvalue weighted by Crippen LogP contribution is -2.44. The van der Waals surface area contributed by atoms with Gasteiger partial charge in [0.05, 0.1) is 12.8 Å². The Morgan fingerprint density at radius 2 is 1.92 bits per heavy atom. The van der Waals surface area contributed by atoms with Gasteiger partial charge in [-0.15, -0.1) is 0 Å². The van der Waals surface area contributed by atoms with Crippen LogP contribution in [-0.4, -0.2) is 36.4 Å². The van der Waals surface area contributed by atoms with Gasteiger partial charge in [-0.3, -0.25) is 9.59 Å². The first-order chi connectivity index (χ1) is 12.6. The van der Waals surface area contributed by atoms with Gasteiger partial charge in [-0.2, -0.15) is 0 Å². The van der Waals surface area contributed by atoms with Crippen molar-refractivity contribution in [3.63, 3.8) is 0 Å². The maximum Gasteiger partial charge on any atom is 0.260 e. The molecule has 3 rings (SSSR count). The molecule has 1 N–H and O–H groups in total. The highest BCUT2D eigenvalue weighted by Crippen LogP contribution is 2.19. The zero-order valence-corrected chi connectivity index (χ0v) is 15.1. The molecule has 6 nitrogen and oxygen atoms in total. The molecule has 0 bridgehead atoms. The van der Waals surface area contributed by atoms with E-state index >= 15 is 0 Å². The van der Waals surface area contributed by atoms with E-state index in [1.807, 2.05) is 6.07 Å². The fourth-order valence-electron chi connectivity index (χ4n) is 2.89. The van der Waals surface area contributed by atoms with Crippen LogP contribution in [0, 0.1) is 5.92 Å². The molecule has 1 fully saturated rings. The van der Waals surface area contributed by atoms with E-state index in [0.29, 0.717) is 43.2 Å². The summed E-state index contributed by atoms with van der Waals surface area (Å²) in [6.45, 7) is 1.49. The van der Waals surface area contributed by atoms with Gasteiger partial charge in [0.1, 0.15) is 11.5 Å². The number of likely N-dealkylation sites (tertiary alicyclic amines) is 1. The number of hydrogen-bond donors (Lipinski definition) is 1. The summed E-state index contributed by atoms with van der Waals surface area (Å²) in [5, 5.41) is 3.50. The summed E-state index contributed by atoms with van der Waals surface area (Å²) < 4.78 is 10.7. The molecular formula is C19H21ClN2O4. The number of ether oxygens (including phenoxy) is 1. The molecule has 26 heavy (non-hydrogen) atoms. The molecule has 2 aromatic rings. The quantitative estimate of drug-likeness (QED) is 0.841. The van der Waals surface area contributed by atoms with E-state index in [-0.39, 0.29) is 24.3 Å². The Balaban J connectivity index is 1.39. The molecule has 0 radical (unpaired) electrons. The molecule has 2 heterocycles. The summed E-state index contributed by atoms with van der Waals surface area (Å²) in [7, 11) is 0. The van der Waals surface area contributed by atoms with Gasteiger partial charge in [-0.05, 0) is 49.2 Å². The minimum absolute atomic E-state index is 0.00548. The highest BCUT2D eigenvalue weighted by molar-refractivity contribution is 6.30. The van der Waals surface area contributed by atoms with Crippen LogP contribution < -0.4 is 10.1 Å². The van der Waals surface area contributed by atoms with Crippen molar-refractivity contribution in [2.24, 2.45) is 5.92 Å². The second-order valence-corrected chi connectivity index (χ2v) is 6.63. The maximum atomic E-state index is 12.3. The normalized spacial score (nSPS) is 14.9. The molecule has 1 saturated heterocycles. The summed E-state index contributed by atoms with van der Waals surface area (Å²) in [4.78, 5) is 26.2. The van der Waals surface area contributed by atoms with Crippen molar-refractivity contribution in [1.29, 1.82) is 0 Å². The number of amides is 2. The van der Waals surface area contributed by atoms with Crippen molar-refractivity contribution in [3.05, 3.63) is 53.4 Å². The summed E-state index contributed by atoms with van der Waals surface area (Å²) in [6.07, 6.45) is 2.88. The van der Waals surface area contributed by atoms with Gasteiger partial charge in [-0.1, -0.05) is 11.6 Å². The van der Waals surface area contributed by atoms with Crippen LogP contribution in [-0.2, 0) is 16.1 Å². The van der Waals surface area contributed by atoms with Crippen molar-refractivity contribution in [2.45, 2.75) is 19.4 Å². The topological polar surface area (TPSA) is 71.8 Å². The summed E-state index contributed by atoms with van der Waals surface area (Å²) in [6, 6.07) is 10.5. The van der Waals surface area contributed by atoms with Crippen LogP contribution in [0.2, 0.25) is 5.02 Å². The summed E-state index contributed by atoms with van der Waals surface area (Å²) in [5.74, 6) is 1.19. The number of benzene rings is 1. The van der Waals surface area contributed by atoms with Gasteiger partial charge in [0.25, 0.3) is 5.91 Å². The average Bonchev–Trinajstić information content (AvgIpc) is 3.19. The smallest absolute Gasteiger partial charge is 0.260 e. The van der Waals surface area contributed by atoms with Gasteiger partial charge in [0.2, 0.25) is 5.91 Å². The van der Waals surface area contributed by atoms with Gasteiger partial charge >= 0.3 is 0 Å². The highest BCUT2D eigenvalue weighted by Gasteiger charge is 2.27. The molecule has 2 amide bonds. The minimum atomic E-state index is -0.0776. The molecule has 138 valence electrons. The van der Waals surface area contributed by atoms with Crippen LogP contribution in [0.15, 0.2) is 47.1 Å². The number of hydrogen-bond acceptors (Lipinski definition) is 4. The Labute approximate surface area is 157 Å². The molecule has 0 saturated carbocycles. The summed E-state index contributed by atoms with van der Waals surface area (Å²) in [5.41, 5.74) is 0. The van der Waals surface area contributed by atoms with Gasteiger partial charge in [0.15, 0.2) is 6.61 Å². The van der Waals surface area contributed by atoms with Gasteiger partial charge < -0.3 is 19.4 Å². The fourth-order valence-corrected chi connectivity index (χ4v) is 3.02. The Hall–Kier alpha value is -2.47. The van der Waals surface area contributed by atoms with Crippen LogP contribution in [0.4, 0.5) is 0 Å². The number of carbonyl (C=O) groups is 2. The lowest BCUT2D eigenvalue weighted by atomic mass is 9.96. The molecule has 1 aliphatic rings. The van der Waals surface area contributed by atoms with Crippen molar-refractivity contribution < 1.29 is 18.7 Å². The van der Waals surface area contributed by atoms with Crippen molar-refractivity contribution in [2.75, 3.05) is 19.7 Å². The number of carbonyl (C=O) groups excluding carboxylic acids is 2. The van der Waals surface area contributed by atoms with Gasteiger partial charge in [-0.25, -0.2) is 0 Å².